The summed E-state index contributed by atoms with van der Waals surface area (Å²) in [5, 5.41) is 11.2. The Hall–Kier alpha value is -3.03. The Morgan fingerprint density at radius 3 is 2.38 bits per heavy atom. The van der Waals surface area contributed by atoms with E-state index in [9.17, 15) is 0 Å². The van der Waals surface area contributed by atoms with Crippen LogP contribution in [0.4, 0.5) is 11.4 Å². The summed E-state index contributed by atoms with van der Waals surface area (Å²) in [4.78, 5) is 7.38. The first kappa shape index (κ1) is 22.2. The van der Waals surface area contributed by atoms with Crippen molar-refractivity contribution in [3.8, 4) is 22.8 Å². The molecule has 0 aliphatic carbocycles. The zero-order valence-electron chi connectivity index (χ0n) is 19.2. The third-order valence-corrected chi connectivity index (χ3v) is 5.88. The standard InChI is InChI=1S/C25H33N5O2/c1-26-9-4-10-28-22-16-21(29-23-17-25(32-3)24(31-2)15-20(22)23)18-5-7-19(8-6-18)30-13-11-27-12-14-30/h5-8,15-17,26-27H,4,9-14H2,1-3H3,(H,28,29). The smallest absolute Gasteiger partial charge is 0.162 e. The maximum atomic E-state index is 5.53. The van der Waals surface area contributed by atoms with Crippen LogP contribution >= 0.6 is 0 Å². The molecule has 7 nitrogen and oxygen atoms in total. The molecule has 1 saturated heterocycles. The van der Waals surface area contributed by atoms with Gasteiger partial charge in [-0.1, -0.05) is 12.1 Å². The molecule has 3 N–H and O–H groups in total. The predicted octanol–water partition coefficient (Wildman–Crippen LogP) is 3.35. The Bertz CT molecular complexity index is 1030. The monoisotopic (exact) mass is 435 g/mol. The quantitative estimate of drug-likeness (QED) is 0.445. The lowest BCUT2D eigenvalue weighted by Gasteiger charge is -2.29. The first-order valence-electron chi connectivity index (χ1n) is 11.2. The predicted molar refractivity (Wildman–Crippen MR) is 132 cm³/mol. The van der Waals surface area contributed by atoms with E-state index >= 15 is 0 Å². The summed E-state index contributed by atoms with van der Waals surface area (Å²) < 4.78 is 11.0. The molecule has 0 spiro atoms. The molecular weight excluding hydrogens is 402 g/mol. The second-order valence-electron chi connectivity index (χ2n) is 7.95. The summed E-state index contributed by atoms with van der Waals surface area (Å²) in [5.41, 5.74) is 5.22. The normalized spacial score (nSPS) is 13.9. The molecule has 1 fully saturated rings. The Labute approximate surface area is 190 Å². The number of methoxy groups -OCH3 is 2. The fraction of sp³-hybridized carbons (Fsp3) is 0.400. The molecule has 4 rings (SSSR count). The van der Waals surface area contributed by atoms with Gasteiger partial charge in [-0.15, -0.1) is 0 Å². The summed E-state index contributed by atoms with van der Waals surface area (Å²) in [5.74, 6) is 1.38. The van der Waals surface area contributed by atoms with Crippen LogP contribution in [0.2, 0.25) is 0 Å². The minimum Gasteiger partial charge on any atom is -0.493 e. The molecule has 32 heavy (non-hydrogen) atoms. The van der Waals surface area contributed by atoms with E-state index in [1.165, 1.54) is 5.69 Å². The number of rotatable bonds is 9. The number of pyridine rings is 1. The van der Waals surface area contributed by atoms with Crippen LogP contribution < -0.4 is 30.3 Å². The van der Waals surface area contributed by atoms with Gasteiger partial charge in [-0.3, -0.25) is 0 Å². The summed E-state index contributed by atoms with van der Waals surface area (Å²) >= 11 is 0. The van der Waals surface area contributed by atoms with E-state index in [2.05, 4.69) is 51.2 Å². The van der Waals surface area contributed by atoms with E-state index in [1.807, 2.05) is 19.2 Å². The van der Waals surface area contributed by atoms with Gasteiger partial charge in [-0.2, -0.15) is 0 Å². The zero-order chi connectivity index (χ0) is 22.3. The van der Waals surface area contributed by atoms with Crippen molar-refractivity contribution >= 4 is 22.3 Å². The molecule has 1 aliphatic rings. The van der Waals surface area contributed by atoms with Crippen molar-refractivity contribution in [2.45, 2.75) is 6.42 Å². The molecule has 0 unspecified atom stereocenters. The number of hydrogen-bond acceptors (Lipinski definition) is 7. The van der Waals surface area contributed by atoms with Gasteiger partial charge in [0.15, 0.2) is 11.5 Å². The molecule has 0 radical (unpaired) electrons. The number of piperazine rings is 1. The topological polar surface area (TPSA) is 70.7 Å². The summed E-state index contributed by atoms with van der Waals surface area (Å²) in [6, 6.07) is 14.8. The molecule has 1 aliphatic heterocycles. The largest absolute Gasteiger partial charge is 0.493 e. The molecule has 1 aromatic heterocycles. The lowest BCUT2D eigenvalue weighted by atomic mass is 10.1. The molecule has 0 saturated carbocycles. The second kappa shape index (κ2) is 10.5. The lowest BCUT2D eigenvalue weighted by Crippen LogP contribution is -2.43. The maximum Gasteiger partial charge on any atom is 0.162 e. The van der Waals surface area contributed by atoms with Crippen molar-refractivity contribution in [2.75, 3.05) is 70.8 Å². The van der Waals surface area contributed by atoms with E-state index < -0.39 is 0 Å². The van der Waals surface area contributed by atoms with Gasteiger partial charge in [0.2, 0.25) is 0 Å². The molecular formula is C25H33N5O2. The highest BCUT2D eigenvalue weighted by atomic mass is 16.5. The Kier molecular flexibility index (Phi) is 7.29. The molecule has 2 aromatic carbocycles. The van der Waals surface area contributed by atoms with Crippen molar-refractivity contribution in [3.63, 3.8) is 0 Å². The van der Waals surface area contributed by atoms with Crippen LogP contribution in [0.25, 0.3) is 22.2 Å². The highest BCUT2D eigenvalue weighted by Gasteiger charge is 2.14. The Morgan fingerprint density at radius 2 is 1.69 bits per heavy atom. The SMILES string of the molecule is CNCCCNc1cc(-c2ccc(N3CCNCC3)cc2)nc2cc(OC)c(OC)cc12. The fourth-order valence-corrected chi connectivity index (χ4v) is 4.10. The van der Waals surface area contributed by atoms with Crippen LogP contribution in [0.15, 0.2) is 42.5 Å². The summed E-state index contributed by atoms with van der Waals surface area (Å²) in [7, 11) is 5.28. The maximum absolute atomic E-state index is 5.53. The van der Waals surface area contributed by atoms with Crippen LogP contribution in [0.5, 0.6) is 11.5 Å². The highest BCUT2D eigenvalue weighted by molar-refractivity contribution is 5.96. The van der Waals surface area contributed by atoms with Crippen molar-refractivity contribution in [1.29, 1.82) is 0 Å². The van der Waals surface area contributed by atoms with E-state index in [1.54, 1.807) is 14.2 Å². The van der Waals surface area contributed by atoms with Gasteiger partial charge in [0.25, 0.3) is 0 Å². The van der Waals surface area contributed by atoms with Gasteiger partial charge in [0, 0.05) is 61.1 Å². The number of fused-ring (bicyclic) bond motifs is 1. The highest BCUT2D eigenvalue weighted by Crippen LogP contribution is 2.37. The number of hydrogen-bond donors (Lipinski definition) is 3. The van der Waals surface area contributed by atoms with E-state index in [0.29, 0.717) is 11.5 Å². The minimum atomic E-state index is 0.680. The van der Waals surface area contributed by atoms with Crippen LogP contribution in [0, 0.1) is 0 Å². The van der Waals surface area contributed by atoms with Gasteiger partial charge in [0.1, 0.15) is 0 Å². The van der Waals surface area contributed by atoms with E-state index in [4.69, 9.17) is 14.5 Å². The number of nitrogens with zero attached hydrogens (tertiary/aromatic N) is 2. The second-order valence-corrected chi connectivity index (χ2v) is 7.95. The third kappa shape index (κ3) is 4.89. The lowest BCUT2D eigenvalue weighted by molar-refractivity contribution is 0.356. The average molecular weight is 436 g/mol. The van der Waals surface area contributed by atoms with Crippen LogP contribution in [-0.2, 0) is 0 Å². The van der Waals surface area contributed by atoms with Crippen molar-refractivity contribution in [2.24, 2.45) is 0 Å². The number of aromatic nitrogens is 1. The summed E-state index contributed by atoms with van der Waals surface area (Å²) in [6.07, 6.45) is 1.03. The van der Waals surface area contributed by atoms with E-state index in [-0.39, 0.29) is 0 Å². The molecule has 7 heteroatoms. The van der Waals surface area contributed by atoms with Crippen LogP contribution in [0.1, 0.15) is 6.42 Å². The first-order chi connectivity index (χ1) is 15.7. The van der Waals surface area contributed by atoms with Gasteiger partial charge < -0.3 is 30.3 Å². The molecule has 0 amide bonds. The number of benzene rings is 2. The number of nitrogens with one attached hydrogen (secondary N) is 3. The van der Waals surface area contributed by atoms with Crippen LogP contribution in [-0.4, -0.2) is 65.5 Å². The Morgan fingerprint density at radius 1 is 0.969 bits per heavy atom. The van der Waals surface area contributed by atoms with Crippen molar-refractivity contribution < 1.29 is 9.47 Å². The fourth-order valence-electron chi connectivity index (χ4n) is 4.10. The average Bonchev–Trinajstić information content (AvgIpc) is 2.86. The molecule has 3 aromatic rings. The molecule has 0 bridgehead atoms. The van der Waals surface area contributed by atoms with Gasteiger partial charge in [-0.25, -0.2) is 4.98 Å². The molecule has 0 atom stereocenters. The first-order valence-corrected chi connectivity index (χ1v) is 11.2. The van der Waals surface area contributed by atoms with Crippen molar-refractivity contribution in [3.05, 3.63) is 42.5 Å². The number of ether oxygens (including phenoxy) is 2. The molecule has 2 heterocycles. The Balaban J connectivity index is 1.69. The minimum absolute atomic E-state index is 0.680. The third-order valence-electron chi connectivity index (χ3n) is 5.88. The molecule has 170 valence electrons. The van der Waals surface area contributed by atoms with E-state index in [0.717, 1.165) is 73.5 Å². The van der Waals surface area contributed by atoms with Crippen LogP contribution in [0.3, 0.4) is 0 Å². The number of anilines is 2. The van der Waals surface area contributed by atoms with Crippen molar-refractivity contribution in [1.82, 2.24) is 15.6 Å². The van der Waals surface area contributed by atoms with Gasteiger partial charge in [0.05, 0.1) is 25.4 Å². The summed E-state index contributed by atoms with van der Waals surface area (Å²) in [6.45, 7) is 5.97. The zero-order valence-corrected chi connectivity index (χ0v) is 19.2. The van der Waals surface area contributed by atoms with Gasteiger partial charge in [-0.05, 0) is 44.3 Å². The van der Waals surface area contributed by atoms with Gasteiger partial charge >= 0.3 is 0 Å².